The van der Waals surface area contributed by atoms with E-state index in [-0.39, 0.29) is 12.3 Å². The minimum absolute atomic E-state index is 0.121. The van der Waals surface area contributed by atoms with Gasteiger partial charge in [0.25, 0.3) is 11.8 Å². The summed E-state index contributed by atoms with van der Waals surface area (Å²) in [5, 5.41) is 5.74. The Morgan fingerprint density at radius 2 is 1.68 bits per heavy atom. The second-order valence-corrected chi connectivity index (χ2v) is 6.55. The summed E-state index contributed by atoms with van der Waals surface area (Å²) in [6.45, 7) is 3.73. The van der Waals surface area contributed by atoms with Gasteiger partial charge >= 0.3 is 5.97 Å². The van der Waals surface area contributed by atoms with Gasteiger partial charge in [0.1, 0.15) is 0 Å². The van der Waals surface area contributed by atoms with Crippen molar-refractivity contribution in [1.29, 1.82) is 0 Å². The Morgan fingerprint density at radius 1 is 1.04 bits per heavy atom. The molecule has 0 aliphatic heterocycles. The van der Waals surface area contributed by atoms with E-state index in [2.05, 4.69) is 10.6 Å². The summed E-state index contributed by atoms with van der Waals surface area (Å²) in [6, 6.07) is 15.1. The second kappa shape index (κ2) is 10.5. The molecule has 2 rings (SSSR count). The van der Waals surface area contributed by atoms with Crippen LogP contribution < -0.4 is 10.6 Å². The number of hydrogen-bond donors (Lipinski definition) is 2. The molecule has 2 N–H and O–H groups in total. The molecule has 0 aromatic heterocycles. The largest absolute Gasteiger partial charge is 0.452 e. The van der Waals surface area contributed by atoms with Crippen molar-refractivity contribution >= 4 is 29.4 Å². The van der Waals surface area contributed by atoms with Crippen LogP contribution in [0.5, 0.6) is 0 Å². The molecule has 0 aliphatic rings. The quantitative estimate of drug-likeness (QED) is 0.664. The summed E-state index contributed by atoms with van der Waals surface area (Å²) in [4.78, 5) is 36.7. The van der Waals surface area contributed by atoms with E-state index < -0.39 is 24.0 Å². The van der Waals surface area contributed by atoms with Gasteiger partial charge in [0.05, 0.1) is 23.0 Å². The highest BCUT2D eigenvalue weighted by Gasteiger charge is 2.23. The Kier molecular flexibility index (Phi) is 8.02. The molecule has 6 nitrogen and oxygen atoms in total. The average Bonchev–Trinajstić information content (AvgIpc) is 2.68. The molecule has 0 saturated heterocycles. The number of halogens is 1. The van der Waals surface area contributed by atoms with Crippen molar-refractivity contribution in [2.24, 2.45) is 0 Å². The Balaban J connectivity index is 2.12. The highest BCUT2D eigenvalue weighted by Crippen LogP contribution is 2.21. The maximum absolute atomic E-state index is 12.6. The third-order valence-corrected chi connectivity index (χ3v) is 4.35. The lowest BCUT2D eigenvalue weighted by atomic mass is 10.0. The number of likely N-dealkylation sites (N-methyl/N-ethyl adjacent to an activating group) is 1. The van der Waals surface area contributed by atoms with Crippen LogP contribution in [0.2, 0.25) is 5.02 Å². The molecule has 0 spiro atoms. The van der Waals surface area contributed by atoms with Crippen LogP contribution in [-0.4, -0.2) is 30.4 Å². The molecule has 2 atom stereocenters. The number of ether oxygens (including phenoxy) is 1. The molecule has 148 valence electrons. The van der Waals surface area contributed by atoms with Gasteiger partial charge in [-0.15, -0.1) is 0 Å². The normalized spacial score (nSPS) is 12.5. The average molecular weight is 403 g/mol. The molecule has 0 radical (unpaired) electrons. The third kappa shape index (κ3) is 6.09. The van der Waals surface area contributed by atoms with Gasteiger partial charge in [0, 0.05) is 6.54 Å². The first-order chi connectivity index (χ1) is 13.4. The molecule has 0 unspecified atom stereocenters. The maximum atomic E-state index is 12.6. The molecule has 0 fully saturated rings. The van der Waals surface area contributed by atoms with E-state index in [4.69, 9.17) is 16.3 Å². The molecule has 0 heterocycles. The zero-order valence-electron chi connectivity index (χ0n) is 15.8. The van der Waals surface area contributed by atoms with Crippen molar-refractivity contribution in [1.82, 2.24) is 10.6 Å². The number of amides is 2. The fourth-order valence-electron chi connectivity index (χ4n) is 2.60. The van der Waals surface area contributed by atoms with Gasteiger partial charge in [0.2, 0.25) is 0 Å². The number of nitrogens with one attached hydrogen (secondary N) is 2. The van der Waals surface area contributed by atoms with Crippen molar-refractivity contribution in [2.45, 2.75) is 32.4 Å². The van der Waals surface area contributed by atoms with Gasteiger partial charge in [-0.05, 0) is 31.5 Å². The summed E-state index contributed by atoms with van der Waals surface area (Å²) >= 11 is 6.09. The zero-order valence-corrected chi connectivity index (χ0v) is 16.5. The van der Waals surface area contributed by atoms with Crippen LogP contribution in [0.25, 0.3) is 0 Å². The first kappa shape index (κ1) is 21.4. The van der Waals surface area contributed by atoms with E-state index >= 15 is 0 Å². The van der Waals surface area contributed by atoms with Crippen LogP contribution in [0.3, 0.4) is 0 Å². The maximum Gasteiger partial charge on any atom is 0.309 e. The molecular weight excluding hydrogens is 380 g/mol. The lowest BCUT2D eigenvalue weighted by molar-refractivity contribution is -0.155. The second-order valence-electron chi connectivity index (χ2n) is 6.15. The Hall–Kier alpha value is -2.86. The predicted octanol–water partition coefficient (Wildman–Crippen LogP) is 3.27. The van der Waals surface area contributed by atoms with Gasteiger partial charge in [-0.1, -0.05) is 54.1 Å². The molecule has 2 aromatic carbocycles. The van der Waals surface area contributed by atoms with Crippen molar-refractivity contribution in [3.05, 3.63) is 70.7 Å². The monoisotopic (exact) mass is 402 g/mol. The van der Waals surface area contributed by atoms with E-state index in [0.717, 1.165) is 5.56 Å². The fourth-order valence-corrected chi connectivity index (χ4v) is 2.82. The standard InChI is InChI=1S/C21H23ClN2O4/c1-3-23-20(26)14(2)28-19(25)13-18(15-9-5-4-6-10-15)24-21(27)16-11-7-8-12-17(16)22/h4-12,14,18H,3,13H2,1-2H3,(H,23,26)(H,24,27)/t14-,18-/m0/s1. The minimum atomic E-state index is -0.914. The van der Waals surface area contributed by atoms with Gasteiger partial charge in [0.15, 0.2) is 6.10 Å². The Morgan fingerprint density at radius 3 is 2.32 bits per heavy atom. The predicted molar refractivity (Wildman–Crippen MR) is 107 cm³/mol. The van der Waals surface area contributed by atoms with Gasteiger partial charge in [-0.3, -0.25) is 14.4 Å². The third-order valence-electron chi connectivity index (χ3n) is 4.02. The number of hydrogen-bond acceptors (Lipinski definition) is 4. The molecule has 0 bridgehead atoms. The molecule has 0 saturated carbocycles. The number of benzene rings is 2. The highest BCUT2D eigenvalue weighted by atomic mass is 35.5. The van der Waals surface area contributed by atoms with Crippen LogP contribution in [-0.2, 0) is 14.3 Å². The Labute approximate surface area is 169 Å². The number of carbonyl (C=O) groups is 3. The van der Waals surface area contributed by atoms with Gasteiger partial charge < -0.3 is 15.4 Å². The molecule has 0 aliphatic carbocycles. The minimum Gasteiger partial charge on any atom is -0.452 e. The molecule has 2 amide bonds. The molecular formula is C21H23ClN2O4. The van der Waals surface area contributed by atoms with Crippen LogP contribution >= 0.6 is 11.6 Å². The lowest BCUT2D eigenvalue weighted by Gasteiger charge is -2.20. The van der Waals surface area contributed by atoms with Gasteiger partial charge in [-0.2, -0.15) is 0 Å². The number of rotatable bonds is 8. The van der Waals surface area contributed by atoms with E-state index in [1.807, 2.05) is 18.2 Å². The van der Waals surface area contributed by atoms with Crippen molar-refractivity contribution in [3.63, 3.8) is 0 Å². The summed E-state index contributed by atoms with van der Waals surface area (Å²) in [5.41, 5.74) is 1.06. The van der Waals surface area contributed by atoms with E-state index in [1.165, 1.54) is 6.92 Å². The summed E-state index contributed by atoms with van der Waals surface area (Å²) in [7, 11) is 0. The summed E-state index contributed by atoms with van der Waals surface area (Å²) in [5.74, 6) is -1.36. The lowest BCUT2D eigenvalue weighted by Crippen LogP contribution is -2.37. The Bertz CT molecular complexity index is 826. The summed E-state index contributed by atoms with van der Waals surface area (Å²) in [6.07, 6.45) is -1.03. The fraction of sp³-hybridized carbons (Fsp3) is 0.286. The first-order valence-corrected chi connectivity index (χ1v) is 9.37. The van der Waals surface area contributed by atoms with Crippen molar-refractivity contribution in [2.75, 3.05) is 6.54 Å². The zero-order chi connectivity index (χ0) is 20.5. The van der Waals surface area contributed by atoms with E-state index in [9.17, 15) is 14.4 Å². The molecule has 7 heteroatoms. The highest BCUT2D eigenvalue weighted by molar-refractivity contribution is 6.33. The SMILES string of the molecule is CCNC(=O)[C@H](C)OC(=O)C[C@H](NC(=O)c1ccccc1Cl)c1ccccc1. The first-order valence-electron chi connectivity index (χ1n) is 9.00. The van der Waals surface area contributed by atoms with Crippen LogP contribution in [0, 0.1) is 0 Å². The number of carbonyl (C=O) groups excluding carboxylic acids is 3. The van der Waals surface area contributed by atoms with E-state index in [0.29, 0.717) is 17.1 Å². The van der Waals surface area contributed by atoms with Crippen molar-refractivity contribution < 1.29 is 19.1 Å². The van der Waals surface area contributed by atoms with Crippen LogP contribution in [0.15, 0.2) is 54.6 Å². The smallest absolute Gasteiger partial charge is 0.309 e. The van der Waals surface area contributed by atoms with E-state index in [1.54, 1.807) is 43.3 Å². The summed E-state index contributed by atoms with van der Waals surface area (Å²) < 4.78 is 5.20. The topological polar surface area (TPSA) is 84.5 Å². The molecule has 28 heavy (non-hydrogen) atoms. The molecule has 2 aromatic rings. The van der Waals surface area contributed by atoms with Gasteiger partial charge in [-0.25, -0.2) is 0 Å². The number of esters is 1. The van der Waals surface area contributed by atoms with Crippen LogP contribution in [0.1, 0.15) is 42.2 Å². The van der Waals surface area contributed by atoms with Crippen LogP contribution in [0.4, 0.5) is 0 Å². The van der Waals surface area contributed by atoms with Crippen molar-refractivity contribution in [3.8, 4) is 0 Å².